The van der Waals surface area contributed by atoms with Crippen molar-refractivity contribution in [1.82, 2.24) is 19.4 Å². The smallest absolute Gasteiger partial charge is 0.337 e. The summed E-state index contributed by atoms with van der Waals surface area (Å²) in [7, 11) is 1.41. The van der Waals surface area contributed by atoms with Gasteiger partial charge in [0.15, 0.2) is 0 Å². The second kappa shape index (κ2) is 8.27. The third-order valence-electron chi connectivity index (χ3n) is 4.73. The summed E-state index contributed by atoms with van der Waals surface area (Å²) in [5.74, 6) is 0.861. The topological polar surface area (TPSA) is 50.6 Å². The zero-order valence-electron chi connectivity index (χ0n) is 15.0. The number of benzene rings is 1. The first-order valence-electron chi connectivity index (χ1n) is 8.81. The lowest BCUT2D eigenvalue weighted by atomic mass is 10.1. The second-order valence-corrected chi connectivity index (χ2v) is 6.37. The molecule has 0 bridgehead atoms. The number of carbonyl (C=O) groups excluding carboxylic acids is 1. The number of rotatable bonds is 6. The van der Waals surface area contributed by atoms with Crippen LogP contribution in [0.25, 0.3) is 0 Å². The molecule has 0 amide bonds. The van der Waals surface area contributed by atoms with Gasteiger partial charge in [0.1, 0.15) is 5.82 Å². The van der Waals surface area contributed by atoms with Crippen molar-refractivity contribution >= 4 is 5.97 Å². The van der Waals surface area contributed by atoms with Gasteiger partial charge < -0.3 is 9.30 Å². The highest BCUT2D eigenvalue weighted by Gasteiger charge is 2.19. The minimum Gasteiger partial charge on any atom is -0.465 e. The van der Waals surface area contributed by atoms with Gasteiger partial charge in [0, 0.05) is 51.7 Å². The molecular weight excluding hydrogens is 316 g/mol. The van der Waals surface area contributed by atoms with E-state index in [0.29, 0.717) is 5.56 Å². The average Bonchev–Trinajstić information content (AvgIpc) is 3.10. The number of hydrogen-bond acceptors (Lipinski definition) is 5. The largest absolute Gasteiger partial charge is 0.465 e. The molecule has 6 heteroatoms. The van der Waals surface area contributed by atoms with Gasteiger partial charge >= 0.3 is 5.97 Å². The maximum Gasteiger partial charge on any atom is 0.337 e. The molecule has 6 nitrogen and oxygen atoms in total. The molecule has 2 aromatic rings. The van der Waals surface area contributed by atoms with Crippen molar-refractivity contribution in [2.75, 3.05) is 33.3 Å². The molecule has 0 radical (unpaired) electrons. The number of aryl methyl sites for hydroxylation is 1. The van der Waals surface area contributed by atoms with E-state index in [1.54, 1.807) is 6.07 Å². The van der Waals surface area contributed by atoms with Crippen LogP contribution in [0.5, 0.6) is 0 Å². The van der Waals surface area contributed by atoms with E-state index in [1.807, 2.05) is 24.5 Å². The molecule has 1 aliphatic rings. The molecule has 0 atom stereocenters. The summed E-state index contributed by atoms with van der Waals surface area (Å²) in [6.45, 7) is 9.00. The highest BCUT2D eigenvalue weighted by Crippen LogP contribution is 2.13. The Morgan fingerprint density at radius 3 is 2.56 bits per heavy atom. The number of ether oxygens (including phenoxy) is 1. The predicted octanol–water partition coefficient (Wildman–Crippen LogP) is 2.01. The van der Waals surface area contributed by atoms with Crippen molar-refractivity contribution in [3.8, 4) is 0 Å². The van der Waals surface area contributed by atoms with Crippen LogP contribution in [0.15, 0.2) is 36.7 Å². The van der Waals surface area contributed by atoms with Crippen LogP contribution in [0.3, 0.4) is 0 Å². The number of nitrogens with zero attached hydrogens (tertiary/aromatic N) is 4. The molecule has 1 aromatic heterocycles. The summed E-state index contributed by atoms with van der Waals surface area (Å²) in [4.78, 5) is 21.0. The van der Waals surface area contributed by atoms with Gasteiger partial charge in [-0.3, -0.25) is 9.80 Å². The number of esters is 1. The SMILES string of the molecule is CCn1ccnc1CN1CCN(Cc2cccc(C(=O)OC)c2)CC1. The number of carbonyl (C=O) groups is 1. The summed E-state index contributed by atoms with van der Waals surface area (Å²) in [5, 5.41) is 0. The Morgan fingerprint density at radius 2 is 1.88 bits per heavy atom. The van der Waals surface area contributed by atoms with E-state index in [9.17, 15) is 4.79 Å². The van der Waals surface area contributed by atoms with Crippen LogP contribution in [0.4, 0.5) is 0 Å². The van der Waals surface area contributed by atoms with Crippen molar-refractivity contribution in [3.05, 3.63) is 53.6 Å². The number of imidazole rings is 1. The predicted molar refractivity (Wildman–Crippen MR) is 96.2 cm³/mol. The first-order valence-corrected chi connectivity index (χ1v) is 8.81. The first-order chi connectivity index (χ1) is 12.2. The number of methoxy groups -OCH3 is 1. The fraction of sp³-hybridized carbons (Fsp3) is 0.474. The first kappa shape index (κ1) is 17.6. The van der Waals surface area contributed by atoms with E-state index in [4.69, 9.17) is 4.74 Å². The van der Waals surface area contributed by atoms with Crippen molar-refractivity contribution in [3.63, 3.8) is 0 Å². The number of piperazine rings is 1. The fourth-order valence-corrected chi connectivity index (χ4v) is 3.26. The van der Waals surface area contributed by atoms with Crippen LogP contribution in [-0.4, -0.2) is 58.6 Å². The van der Waals surface area contributed by atoms with Crippen LogP contribution in [0.1, 0.15) is 28.7 Å². The third kappa shape index (κ3) is 4.46. The lowest BCUT2D eigenvalue weighted by Crippen LogP contribution is -2.45. The maximum absolute atomic E-state index is 11.7. The molecule has 0 aliphatic carbocycles. The molecule has 25 heavy (non-hydrogen) atoms. The van der Waals surface area contributed by atoms with Gasteiger partial charge in [0.25, 0.3) is 0 Å². The average molecular weight is 342 g/mol. The zero-order chi connectivity index (χ0) is 17.6. The van der Waals surface area contributed by atoms with Crippen LogP contribution in [0.2, 0.25) is 0 Å². The van der Waals surface area contributed by atoms with Crippen LogP contribution < -0.4 is 0 Å². The minimum atomic E-state index is -0.280. The zero-order valence-corrected chi connectivity index (χ0v) is 15.0. The standard InChI is InChI=1S/C19H26N4O2/c1-3-23-8-7-20-18(23)15-22-11-9-21(10-12-22)14-16-5-4-6-17(13-16)19(24)25-2/h4-8,13H,3,9-12,14-15H2,1-2H3. The van der Waals surface area contributed by atoms with Crippen molar-refractivity contribution in [2.45, 2.75) is 26.6 Å². The fourth-order valence-electron chi connectivity index (χ4n) is 3.26. The Kier molecular flexibility index (Phi) is 5.83. The molecule has 3 rings (SSSR count). The lowest BCUT2D eigenvalue weighted by molar-refractivity contribution is 0.0600. The highest BCUT2D eigenvalue weighted by atomic mass is 16.5. The van der Waals surface area contributed by atoms with Gasteiger partial charge in [-0.25, -0.2) is 9.78 Å². The van der Waals surface area contributed by atoms with Gasteiger partial charge in [-0.15, -0.1) is 0 Å². The van der Waals surface area contributed by atoms with Crippen molar-refractivity contribution < 1.29 is 9.53 Å². The quantitative estimate of drug-likeness (QED) is 0.752. The Hall–Kier alpha value is -2.18. The van der Waals surface area contributed by atoms with Crippen molar-refractivity contribution in [2.24, 2.45) is 0 Å². The van der Waals surface area contributed by atoms with Gasteiger partial charge in [0.2, 0.25) is 0 Å². The van der Waals surface area contributed by atoms with E-state index in [0.717, 1.165) is 57.2 Å². The number of aromatic nitrogens is 2. The summed E-state index contributed by atoms with van der Waals surface area (Å²) in [6.07, 6.45) is 3.92. The van der Waals surface area contributed by atoms with Gasteiger partial charge in [-0.1, -0.05) is 12.1 Å². The van der Waals surface area contributed by atoms with Crippen LogP contribution in [-0.2, 0) is 24.4 Å². The lowest BCUT2D eigenvalue weighted by Gasteiger charge is -2.34. The van der Waals surface area contributed by atoms with Crippen LogP contribution in [0, 0.1) is 0 Å². The van der Waals surface area contributed by atoms with Crippen molar-refractivity contribution in [1.29, 1.82) is 0 Å². The number of hydrogen-bond donors (Lipinski definition) is 0. The van der Waals surface area contributed by atoms with Gasteiger partial charge in [-0.2, -0.15) is 0 Å². The van der Waals surface area contributed by atoms with Gasteiger partial charge in [-0.05, 0) is 24.6 Å². The van der Waals surface area contributed by atoms with E-state index in [1.165, 1.54) is 7.11 Å². The molecule has 0 N–H and O–H groups in total. The molecule has 2 heterocycles. The Labute approximate surface area is 149 Å². The minimum absolute atomic E-state index is 0.280. The molecule has 1 saturated heterocycles. The Bertz CT molecular complexity index is 705. The van der Waals surface area contributed by atoms with Gasteiger partial charge in [0.05, 0.1) is 19.2 Å². The Balaban J connectivity index is 1.52. The summed E-state index contributed by atoms with van der Waals surface area (Å²) >= 11 is 0. The summed E-state index contributed by atoms with van der Waals surface area (Å²) in [6, 6.07) is 7.71. The molecule has 1 aliphatic heterocycles. The van der Waals surface area contributed by atoms with E-state index in [-0.39, 0.29) is 5.97 Å². The van der Waals surface area contributed by atoms with E-state index < -0.39 is 0 Å². The highest BCUT2D eigenvalue weighted by molar-refractivity contribution is 5.89. The normalized spacial score (nSPS) is 16.1. The monoisotopic (exact) mass is 342 g/mol. The van der Waals surface area contributed by atoms with Crippen LogP contribution >= 0.6 is 0 Å². The molecule has 0 spiro atoms. The Morgan fingerprint density at radius 1 is 1.16 bits per heavy atom. The summed E-state index contributed by atoms with van der Waals surface area (Å²) < 4.78 is 7.00. The molecule has 134 valence electrons. The third-order valence-corrected chi connectivity index (χ3v) is 4.73. The second-order valence-electron chi connectivity index (χ2n) is 6.37. The molecule has 0 saturated carbocycles. The molecule has 1 aromatic carbocycles. The maximum atomic E-state index is 11.7. The van der Waals surface area contributed by atoms with E-state index in [2.05, 4.69) is 32.3 Å². The van der Waals surface area contributed by atoms with E-state index >= 15 is 0 Å². The molecule has 1 fully saturated rings. The molecule has 0 unspecified atom stereocenters. The molecular formula is C19H26N4O2. The summed E-state index contributed by atoms with van der Waals surface area (Å²) in [5.41, 5.74) is 1.77.